The Morgan fingerprint density at radius 2 is 1.79 bits per heavy atom. The molecule has 2 fully saturated rings. The summed E-state index contributed by atoms with van der Waals surface area (Å²) in [5.74, 6) is -1.24. The van der Waals surface area contributed by atoms with E-state index in [1.165, 1.54) is 12.8 Å². The largest absolute Gasteiger partial charge is 0.480 e. The molecule has 0 saturated heterocycles. The van der Waals surface area contributed by atoms with E-state index in [-0.39, 0.29) is 12.0 Å². The molecule has 2 aliphatic carbocycles. The zero-order valence-electron chi connectivity index (χ0n) is 11.5. The van der Waals surface area contributed by atoms with Gasteiger partial charge in [-0.25, -0.2) is 4.79 Å². The molecule has 1 atom stereocenters. The second-order valence-corrected chi connectivity index (χ2v) is 5.77. The standard InChI is InChI=1S/C14H23NO4/c1-10(19-11-6-4-2-3-5-7-11)12(16)15-14(8-9-14)13(17)18/h10-11H,2-9H2,1H3,(H,15,16)(H,17,18). The fourth-order valence-electron chi connectivity index (χ4n) is 2.58. The summed E-state index contributed by atoms with van der Waals surface area (Å²) in [5.41, 5.74) is -1.02. The number of hydrogen-bond acceptors (Lipinski definition) is 3. The van der Waals surface area contributed by atoms with Crippen molar-refractivity contribution in [1.82, 2.24) is 5.32 Å². The number of carbonyl (C=O) groups is 2. The van der Waals surface area contributed by atoms with Crippen LogP contribution in [0.15, 0.2) is 0 Å². The average molecular weight is 269 g/mol. The lowest BCUT2D eigenvalue weighted by atomic mass is 10.1. The van der Waals surface area contributed by atoms with Gasteiger partial charge >= 0.3 is 5.97 Å². The first-order chi connectivity index (χ1) is 9.03. The summed E-state index contributed by atoms with van der Waals surface area (Å²) < 4.78 is 5.78. The number of nitrogens with one attached hydrogen (secondary N) is 1. The molecule has 19 heavy (non-hydrogen) atoms. The minimum absolute atomic E-state index is 0.142. The van der Waals surface area contributed by atoms with Crippen molar-refractivity contribution in [3.63, 3.8) is 0 Å². The van der Waals surface area contributed by atoms with Crippen molar-refractivity contribution in [1.29, 1.82) is 0 Å². The van der Waals surface area contributed by atoms with Crippen LogP contribution in [-0.2, 0) is 14.3 Å². The van der Waals surface area contributed by atoms with Crippen molar-refractivity contribution in [3.8, 4) is 0 Å². The Bertz CT molecular complexity index is 343. The van der Waals surface area contributed by atoms with Crippen molar-refractivity contribution in [2.45, 2.75) is 76.0 Å². The van der Waals surface area contributed by atoms with Gasteiger partial charge in [0.05, 0.1) is 6.10 Å². The van der Waals surface area contributed by atoms with Gasteiger partial charge in [0.2, 0.25) is 5.91 Å². The van der Waals surface area contributed by atoms with Crippen LogP contribution in [0.25, 0.3) is 0 Å². The summed E-state index contributed by atoms with van der Waals surface area (Å²) >= 11 is 0. The molecule has 5 nitrogen and oxygen atoms in total. The maximum Gasteiger partial charge on any atom is 0.329 e. The topological polar surface area (TPSA) is 75.6 Å². The highest BCUT2D eigenvalue weighted by atomic mass is 16.5. The Morgan fingerprint density at radius 1 is 1.21 bits per heavy atom. The predicted octanol–water partition coefficient (Wildman–Crippen LogP) is 1.85. The number of carboxylic acids is 1. The molecule has 0 aromatic carbocycles. The van der Waals surface area contributed by atoms with Crippen LogP contribution in [0.2, 0.25) is 0 Å². The lowest BCUT2D eigenvalue weighted by Crippen LogP contribution is -2.48. The molecule has 0 heterocycles. The van der Waals surface area contributed by atoms with E-state index in [1.54, 1.807) is 6.92 Å². The fraction of sp³-hybridized carbons (Fsp3) is 0.857. The molecular formula is C14H23NO4. The normalized spacial score (nSPS) is 24.3. The molecule has 2 saturated carbocycles. The van der Waals surface area contributed by atoms with Crippen LogP contribution in [0.3, 0.4) is 0 Å². The molecule has 2 rings (SSSR count). The maximum absolute atomic E-state index is 12.0. The van der Waals surface area contributed by atoms with E-state index in [1.807, 2.05) is 0 Å². The second-order valence-electron chi connectivity index (χ2n) is 5.77. The highest BCUT2D eigenvalue weighted by Gasteiger charge is 2.52. The van der Waals surface area contributed by atoms with Crippen LogP contribution in [0, 0.1) is 0 Å². The Labute approximate surface area is 113 Å². The Balaban J connectivity index is 1.80. The van der Waals surface area contributed by atoms with E-state index < -0.39 is 17.6 Å². The third-order valence-electron chi connectivity index (χ3n) is 4.09. The molecule has 1 unspecified atom stereocenters. The summed E-state index contributed by atoms with van der Waals surface area (Å²) in [6.07, 6.45) is 7.39. The van der Waals surface area contributed by atoms with Crippen LogP contribution < -0.4 is 5.32 Å². The molecule has 0 aliphatic heterocycles. The van der Waals surface area contributed by atoms with Gasteiger partial charge in [-0.05, 0) is 32.6 Å². The van der Waals surface area contributed by atoms with Crippen molar-refractivity contribution < 1.29 is 19.4 Å². The number of ether oxygens (including phenoxy) is 1. The smallest absolute Gasteiger partial charge is 0.329 e. The van der Waals surface area contributed by atoms with Crippen molar-refractivity contribution in [3.05, 3.63) is 0 Å². The maximum atomic E-state index is 12.0. The van der Waals surface area contributed by atoms with Gasteiger partial charge in [0.25, 0.3) is 0 Å². The van der Waals surface area contributed by atoms with E-state index in [0.717, 1.165) is 25.7 Å². The fourth-order valence-corrected chi connectivity index (χ4v) is 2.58. The minimum atomic E-state index is -1.02. The van der Waals surface area contributed by atoms with Crippen LogP contribution in [-0.4, -0.2) is 34.7 Å². The molecule has 0 radical (unpaired) electrons. The summed E-state index contributed by atoms with van der Waals surface area (Å²) in [6, 6.07) is 0. The summed E-state index contributed by atoms with van der Waals surface area (Å²) in [5, 5.41) is 11.6. The first kappa shape index (κ1) is 14.3. The lowest BCUT2D eigenvalue weighted by Gasteiger charge is -2.22. The van der Waals surface area contributed by atoms with Gasteiger partial charge in [0, 0.05) is 0 Å². The van der Waals surface area contributed by atoms with Crippen molar-refractivity contribution >= 4 is 11.9 Å². The number of aliphatic carboxylic acids is 1. The third-order valence-corrected chi connectivity index (χ3v) is 4.09. The van der Waals surface area contributed by atoms with E-state index in [2.05, 4.69) is 5.32 Å². The summed E-state index contributed by atoms with van der Waals surface area (Å²) in [7, 11) is 0. The van der Waals surface area contributed by atoms with Gasteiger partial charge in [-0.15, -0.1) is 0 Å². The van der Waals surface area contributed by atoms with Crippen molar-refractivity contribution in [2.24, 2.45) is 0 Å². The quantitative estimate of drug-likeness (QED) is 0.747. The number of amides is 1. The molecule has 5 heteroatoms. The molecular weight excluding hydrogens is 246 g/mol. The predicted molar refractivity (Wildman–Crippen MR) is 69.8 cm³/mol. The summed E-state index contributed by atoms with van der Waals surface area (Å²) in [6.45, 7) is 1.71. The number of carboxylic acid groups (broad SMARTS) is 1. The van der Waals surface area contributed by atoms with Crippen LogP contribution in [0.1, 0.15) is 58.3 Å². The first-order valence-electron chi connectivity index (χ1n) is 7.24. The zero-order chi connectivity index (χ0) is 13.9. The van der Waals surface area contributed by atoms with E-state index >= 15 is 0 Å². The zero-order valence-corrected chi connectivity index (χ0v) is 11.5. The number of carbonyl (C=O) groups excluding carboxylic acids is 1. The SMILES string of the molecule is CC(OC1CCCCCC1)C(=O)NC1(C(=O)O)CC1. The van der Waals surface area contributed by atoms with E-state index in [4.69, 9.17) is 9.84 Å². The number of hydrogen-bond donors (Lipinski definition) is 2. The Hall–Kier alpha value is -1.10. The van der Waals surface area contributed by atoms with Crippen LogP contribution in [0.4, 0.5) is 0 Å². The Morgan fingerprint density at radius 3 is 2.26 bits per heavy atom. The van der Waals surface area contributed by atoms with Gasteiger partial charge in [-0.1, -0.05) is 25.7 Å². The monoisotopic (exact) mass is 269 g/mol. The highest BCUT2D eigenvalue weighted by molar-refractivity contribution is 5.91. The molecule has 2 aliphatic rings. The molecule has 0 bridgehead atoms. The summed E-state index contributed by atoms with van der Waals surface area (Å²) in [4.78, 5) is 23.0. The van der Waals surface area contributed by atoms with Gasteiger partial charge < -0.3 is 15.2 Å². The average Bonchev–Trinajstić information content (AvgIpc) is 3.14. The van der Waals surface area contributed by atoms with E-state index in [9.17, 15) is 9.59 Å². The first-order valence-corrected chi connectivity index (χ1v) is 7.24. The van der Waals surface area contributed by atoms with Gasteiger partial charge in [-0.3, -0.25) is 4.79 Å². The molecule has 0 aromatic rings. The van der Waals surface area contributed by atoms with Crippen LogP contribution in [0.5, 0.6) is 0 Å². The molecule has 1 amide bonds. The van der Waals surface area contributed by atoms with Gasteiger partial charge in [0.1, 0.15) is 11.6 Å². The molecule has 108 valence electrons. The second kappa shape index (κ2) is 5.90. The van der Waals surface area contributed by atoms with Crippen LogP contribution >= 0.6 is 0 Å². The minimum Gasteiger partial charge on any atom is -0.480 e. The van der Waals surface area contributed by atoms with Crippen molar-refractivity contribution in [2.75, 3.05) is 0 Å². The third kappa shape index (κ3) is 3.69. The Kier molecular flexibility index (Phi) is 4.45. The molecule has 0 spiro atoms. The van der Waals surface area contributed by atoms with E-state index in [0.29, 0.717) is 12.8 Å². The van der Waals surface area contributed by atoms with Gasteiger partial charge in [-0.2, -0.15) is 0 Å². The number of rotatable bonds is 5. The highest BCUT2D eigenvalue weighted by Crippen LogP contribution is 2.35. The lowest BCUT2D eigenvalue weighted by molar-refractivity contribution is -0.146. The molecule has 2 N–H and O–H groups in total. The van der Waals surface area contributed by atoms with Gasteiger partial charge in [0.15, 0.2) is 0 Å². The molecule has 0 aromatic heterocycles.